The third-order valence-electron chi connectivity index (χ3n) is 2.88. The molecule has 1 aromatic rings. The standard InChI is InChI=1S/C15H20N2O6/c1-3-23-11-6-4-10(5-7-11)14(19)17-9-13(18)16-8-12(22-2)15(20)21/h4-7,12H,3,8-9H2,1-2H3,(H,16,18)(H,17,19)(H,20,21). The molecule has 1 atom stereocenters. The molecule has 1 aromatic carbocycles. The molecule has 0 spiro atoms. The Morgan fingerprint density at radius 1 is 1.17 bits per heavy atom. The first-order valence-electron chi connectivity index (χ1n) is 7.01. The van der Waals surface area contributed by atoms with Gasteiger partial charge in [0.1, 0.15) is 5.75 Å². The molecular weight excluding hydrogens is 304 g/mol. The number of ether oxygens (including phenoxy) is 2. The second-order valence-electron chi connectivity index (χ2n) is 4.51. The maximum absolute atomic E-state index is 11.9. The van der Waals surface area contributed by atoms with E-state index < -0.39 is 23.9 Å². The SMILES string of the molecule is CCOc1ccc(C(=O)NCC(=O)NCC(OC)C(=O)O)cc1. The smallest absolute Gasteiger partial charge is 0.334 e. The lowest BCUT2D eigenvalue weighted by Crippen LogP contribution is -2.42. The summed E-state index contributed by atoms with van der Waals surface area (Å²) in [7, 11) is 1.23. The van der Waals surface area contributed by atoms with Gasteiger partial charge in [-0.15, -0.1) is 0 Å². The van der Waals surface area contributed by atoms with E-state index >= 15 is 0 Å². The Kier molecular flexibility index (Phi) is 7.55. The van der Waals surface area contributed by atoms with E-state index in [1.165, 1.54) is 7.11 Å². The molecule has 0 aliphatic rings. The zero-order valence-corrected chi connectivity index (χ0v) is 13.0. The van der Waals surface area contributed by atoms with Crippen LogP contribution in [0.3, 0.4) is 0 Å². The summed E-state index contributed by atoms with van der Waals surface area (Å²) in [5, 5.41) is 13.6. The number of carbonyl (C=O) groups is 3. The number of amides is 2. The number of rotatable bonds is 9. The summed E-state index contributed by atoms with van der Waals surface area (Å²) in [5.74, 6) is -1.44. The van der Waals surface area contributed by atoms with Crippen molar-refractivity contribution in [2.45, 2.75) is 13.0 Å². The van der Waals surface area contributed by atoms with E-state index in [0.717, 1.165) is 0 Å². The third-order valence-corrected chi connectivity index (χ3v) is 2.88. The number of methoxy groups -OCH3 is 1. The van der Waals surface area contributed by atoms with Gasteiger partial charge >= 0.3 is 5.97 Å². The molecule has 0 saturated carbocycles. The molecule has 23 heavy (non-hydrogen) atoms. The van der Waals surface area contributed by atoms with Gasteiger partial charge in [0, 0.05) is 12.7 Å². The minimum Gasteiger partial charge on any atom is -0.494 e. The van der Waals surface area contributed by atoms with E-state index in [1.54, 1.807) is 24.3 Å². The van der Waals surface area contributed by atoms with Crippen molar-refractivity contribution in [3.8, 4) is 5.75 Å². The summed E-state index contributed by atoms with van der Waals surface area (Å²) in [6.07, 6.45) is -1.12. The van der Waals surface area contributed by atoms with Crippen molar-refractivity contribution < 1.29 is 29.0 Å². The van der Waals surface area contributed by atoms with Crippen molar-refractivity contribution in [2.75, 3.05) is 26.8 Å². The fourth-order valence-electron chi connectivity index (χ4n) is 1.67. The molecule has 0 heterocycles. The summed E-state index contributed by atoms with van der Waals surface area (Å²) in [5.41, 5.74) is 0.390. The highest BCUT2D eigenvalue weighted by molar-refractivity contribution is 5.96. The summed E-state index contributed by atoms with van der Waals surface area (Å²) < 4.78 is 9.94. The van der Waals surface area contributed by atoms with E-state index in [9.17, 15) is 14.4 Å². The van der Waals surface area contributed by atoms with E-state index in [4.69, 9.17) is 9.84 Å². The maximum atomic E-state index is 11.9. The number of hydrogen-bond acceptors (Lipinski definition) is 5. The molecule has 8 heteroatoms. The highest BCUT2D eigenvalue weighted by atomic mass is 16.5. The molecular formula is C15H20N2O6. The first-order chi connectivity index (χ1) is 11.0. The van der Waals surface area contributed by atoms with Crippen molar-refractivity contribution in [1.29, 1.82) is 0 Å². The Morgan fingerprint density at radius 3 is 2.35 bits per heavy atom. The zero-order chi connectivity index (χ0) is 17.2. The van der Waals surface area contributed by atoms with Gasteiger partial charge in [-0.3, -0.25) is 9.59 Å². The number of aliphatic carboxylic acids is 1. The van der Waals surface area contributed by atoms with E-state index in [0.29, 0.717) is 17.9 Å². The summed E-state index contributed by atoms with van der Waals surface area (Å²) in [6, 6.07) is 6.50. The predicted octanol–water partition coefficient (Wildman–Crippen LogP) is 0.0309. The molecule has 1 rings (SSSR count). The number of nitrogens with one attached hydrogen (secondary N) is 2. The Hall–Kier alpha value is -2.61. The Balaban J connectivity index is 2.40. The monoisotopic (exact) mass is 324 g/mol. The summed E-state index contributed by atoms with van der Waals surface area (Å²) in [4.78, 5) is 34.1. The fraction of sp³-hybridized carbons (Fsp3) is 0.400. The average Bonchev–Trinajstić information content (AvgIpc) is 2.54. The summed E-state index contributed by atoms with van der Waals surface area (Å²) >= 11 is 0. The van der Waals surface area contributed by atoms with E-state index in [2.05, 4.69) is 15.4 Å². The van der Waals surface area contributed by atoms with Crippen molar-refractivity contribution in [3.63, 3.8) is 0 Å². The Morgan fingerprint density at radius 2 is 1.83 bits per heavy atom. The molecule has 8 nitrogen and oxygen atoms in total. The third kappa shape index (κ3) is 6.35. The normalized spacial score (nSPS) is 11.4. The van der Waals surface area contributed by atoms with Crippen molar-refractivity contribution >= 4 is 17.8 Å². The van der Waals surface area contributed by atoms with E-state index in [1.807, 2.05) is 6.92 Å². The van der Waals surface area contributed by atoms with Crippen molar-refractivity contribution in [2.24, 2.45) is 0 Å². The molecule has 3 N–H and O–H groups in total. The first-order valence-corrected chi connectivity index (χ1v) is 7.01. The molecule has 0 fully saturated rings. The van der Waals surface area contributed by atoms with Crippen LogP contribution in [0.15, 0.2) is 24.3 Å². The zero-order valence-electron chi connectivity index (χ0n) is 13.0. The molecule has 126 valence electrons. The first kappa shape index (κ1) is 18.4. The molecule has 0 aromatic heterocycles. The molecule has 0 bridgehead atoms. The number of carboxylic acid groups (broad SMARTS) is 1. The van der Waals surface area contributed by atoms with Crippen LogP contribution in [-0.2, 0) is 14.3 Å². The van der Waals surface area contributed by atoms with Gasteiger partial charge in [-0.05, 0) is 31.2 Å². The van der Waals surface area contributed by atoms with Crippen LogP contribution in [0, 0.1) is 0 Å². The lowest BCUT2D eigenvalue weighted by atomic mass is 10.2. The molecule has 0 aliphatic heterocycles. The minimum absolute atomic E-state index is 0.177. The lowest BCUT2D eigenvalue weighted by Gasteiger charge is -2.12. The van der Waals surface area contributed by atoms with Gasteiger partial charge < -0.3 is 25.2 Å². The van der Waals surface area contributed by atoms with Crippen molar-refractivity contribution in [1.82, 2.24) is 10.6 Å². The average molecular weight is 324 g/mol. The van der Waals surface area contributed by atoms with Crippen LogP contribution < -0.4 is 15.4 Å². The number of carboxylic acids is 1. The van der Waals surface area contributed by atoms with Crippen LogP contribution in [0.5, 0.6) is 5.75 Å². The lowest BCUT2D eigenvalue weighted by molar-refractivity contribution is -0.148. The molecule has 2 amide bonds. The van der Waals surface area contributed by atoms with E-state index in [-0.39, 0.29) is 13.1 Å². The maximum Gasteiger partial charge on any atom is 0.334 e. The Bertz CT molecular complexity index is 543. The van der Waals surface area contributed by atoms with Crippen LogP contribution >= 0.6 is 0 Å². The van der Waals surface area contributed by atoms with Gasteiger partial charge in [-0.25, -0.2) is 4.79 Å². The van der Waals surface area contributed by atoms with Crippen LogP contribution in [0.1, 0.15) is 17.3 Å². The number of carbonyl (C=O) groups excluding carboxylic acids is 2. The van der Waals surface area contributed by atoms with Crippen LogP contribution in [0.4, 0.5) is 0 Å². The number of benzene rings is 1. The van der Waals surface area contributed by atoms with Crippen molar-refractivity contribution in [3.05, 3.63) is 29.8 Å². The molecule has 1 unspecified atom stereocenters. The van der Waals surface area contributed by atoms with Crippen LogP contribution in [0.2, 0.25) is 0 Å². The van der Waals surface area contributed by atoms with Gasteiger partial charge in [-0.2, -0.15) is 0 Å². The van der Waals surface area contributed by atoms with Crippen LogP contribution in [0.25, 0.3) is 0 Å². The summed E-state index contributed by atoms with van der Waals surface area (Å²) in [6.45, 7) is 1.95. The second kappa shape index (κ2) is 9.42. The largest absolute Gasteiger partial charge is 0.494 e. The van der Waals surface area contributed by atoms with Gasteiger partial charge in [0.15, 0.2) is 6.10 Å². The molecule has 0 radical (unpaired) electrons. The second-order valence-corrected chi connectivity index (χ2v) is 4.51. The minimum atomic E-state index is -1.17. The fourth-order valence-corrected chi connectivity index (χ4v) is 1.67. The predicted molar refractivity (Wildman–Crippen MR) is 81.4 cm³/mol. The van der Waals surface area contributed by atoms with Gasteiger partial charge in [-0.1, -0.05) is 0 Å². The number of hydrogen-bond donors (Lipinski definition) is 3. The highest BCUT2D eigenvalue weighted by Crippen LogP contribution is 2.11. The topological polar surface area (TPSA) is 114 Å². The highest BCUT2D eigenvalue weighted by Gasteiger charge is 2.17. The van der Waals surface area contributed by atoms with Gasteiger partial charge in [0.25, 0.3) is 5.91 Å². The molecule has 0 aliphatic carbocycles. The van der Waals surface area contributed by atoms with Gasteiger partial charge in [0.05, 0.1) is 19.7 Å². The van der Waals surface area contributed by atoms with Gasteiger partial charge in [0.2, 0.25) is 5.91 Å². The van der Waals surface area contributed by atoms with Crippen LogP contribution in [-0.4, -0.2) is 55.8 Å². The Labute approximate surface area is 133 Å². The quantitative estimate of drug-likeness (QED) is 0.590. The molecule has 0 saturated heterocycles.